The zero-order valence-electron chi connectivity index (χ0n) is 14.8. The van der Waals surface area contributed by atoms with Crippen molar-refractivity contribution in [3.8, 4) is 0 Å². The van der Waals surface area contributed by atoms with Crippen molar-refractivity contribution in [1.82, 2.24) is 30.2 Å². The summed E-state index contributed by atoms with van der Waals surface area (Å²) in [4.78, 5) is 27.2. The number of nitrogens with zero attached hydrogens (tertiary/aromatic N) is 4. The first-order valence-corrected chi connectivity index (χ1v) is 7.79. The molecular weight excluding hydrogens is 369 g/mol. The third-order valence-electron chi connectivity index (χ3n) is 3.81. The van der Waals surface area contributed by atoms with Crippen LogP contribution in [-0.2, 0) is 28.8 Å². The number of carbonyl (C=O) groups excluding carboxylic acids is 2. The Kier molecular flexibility index (Phi) is 5.59. The number of amides is 2. The summed E-state index contributed by atoms with van der Waals surface area (Å²) in [5.41, 5.74) is 1.75. The lowest BCUT2D eigenvalue weighted by Gasteiger charge is -2.29. The number of rotatable bonds is 5. The standard InChI is InChI=1S/C15H19F3N6O3/c1-9-6-10(2)24(22-9)8-12(26)21-20-11(25)7-14(27,15(16,17)18)13-19-4-5-23(13)3/h4-6,27H,7-8H2,1-3H3,(H,20,25)(H,21,26). The molecule has 0 aliphatic carbocycles. The van der Waals surface area contributed by atoms with E-state index in [1.807, 2.05) is 10.9 Å². The summed E-state index contributed by atoms with van der Waals surface area (Å²) in [6.45, 7) is 3.23. The van der Waals surface area contributed by atoms with E-state index in [0.717, 1.165) is 10.8 Å². The van der Waals surface area contributed by atoms with Crippen LogP contribution in [0.2, 0.25) is 0 Å². The molecule has 0 aromatic carbocycles. The van der Waals surface area contributed by atoms with Crippen LogP contribution in [0.15, 0.2) is 18.5 Å². The van der Waals surface area contributed by atoms with Gasteiger partial charge in [0.1, 0.15) is 6.54 Å². The maximum Gasteiger partial charge on any atom is 0.425 e. The number of alkyl halides is 3. The molecule has 2 aromatic heterocycles. The van der Waals surface area contributed by atoms with Crippen molar-refractivity contribution in [2.45, 2.75) is 38.6 Å². The van der Waals surface area contributed by atoms with Gasteiger partial charge in [0.15, 0.2) is 5.82 Å². The summed E-state index contributed by atoms with van der Waals surface area (Å²) in [6.07, 6.45) is -4.25. The summed E-state index contributed by atoms with van der Waals surface area (Å²) < 4.78 is 42.4. The second-order valence-electron chi connectivity index (χ2n) is 6.08. The highest BCUT2D eigenvalue weighted by Crippen LogP contribution is 2.40. The number of hydrazine groups is 1. The SMILES string of the molecule is Cc1cc(C)n(CC(=O)NNC(=O)CC(O)(c2nccn2C)C(F)(F)F)n1. The molecule has 0 aliphatic heterocycles. The van der Waals surface area contributed by atoms with Crippen LogP contribution in [0.25, 0.3) is 0 Å². The zero-order chi connectivity index (χ0) is 20.4. The largest absolute Gasteiger partial charge is 0.425 e. The van der Waals surface area contributed by atoms with Crippen molar-refractivity contribution in [2.75, 3.05) is 0 Å². The fourth-order valence-corrected chi connectivity index (χ4v) is 2.50. The molecule has 3 N–H and O–H groups in total. The molecule has 0 fully saturated rings. The number of aromatic nitrogens is 4. The van der Waals surface area contributed by atoms with Gasteiger partial charge in [0.2, 0.25) is 11.5 Å². The number of nitrogens with one attached hydrogen (secondary N) is 2. The van der Waals surface area contributed by atoms with E-state index in [9.17, 15) is 27.9 Å². The summed E-state index contributed by atoms with van der Waals surface area (Å²) in [5.74, 6) is -2.67. The van der Waals surface area contributed by atoms with Crippen LogP contribution in [0.4, 0.5) is 13.2 Å². The average Bonchev–Trinajstić information content (AvgIpc) is 3.10. The van der Waals surface area contributed by atoms with Gasteiger partial charge in [-0.1, -0.05) is 0 Å². The van der Waals surface area contributed by atoms with Crippen molar-refractivity contribution >= 4 is 11.8 Å². The van der Waals surface area contributed by atoms with Gasteiger partial charge in [0, 0.05) is 25.1 Å². The van der Waals surface area contributed by atoms with Gasteiger partial charge in [0.25, 0.3) is 5.91 Å². The summed E-state index contributed by atoms with van der Waals surface area (Å²) in [5, 5.41) is 14.2. The van der Waals surface area contributed by atoms with Crippen LogP contribution in [0, 0.1) is 13.8 Å². The van der Waals surface area contributed by atoms with Gasteiger partial charge in [-0.3, -0.25) is 25.1 Å². The van der Waals surface area contributed by atoms with E-state index in [2.05, 4.69) is 10.1 Å². The molecule has 2 aromatic rings. The minimum absolute atomic E-state index is 0.233. The molecule has 2 amide bonds. The highest BCUT2D eigenvalue weighted by molar-refractivity contribution is 5.82. The van der Waals surface area contributed by atoms with Gasteiger partial charge in [-0.25, -0.2) is 4.98 Å². The Balaban J connectivity index is 2.01. The minimum atomic E-state index is -5.16. The third-order valence-corrected chi connectivity index (χ3v) is 3.81. The molecule has 0 spiro atoms. The monoisotopic (exact) mass is 388 g/mol. The highest BCUT2D eigenvalue weighted by atomic mass is 19.4. The molecule has 12 heteroatoms. The minimum Gasteiger partial charge on any atom is -0.374 e. The van der Waals surface area contributed by atoms with E-state index in [0.29, 0.717) is 11.4 Å². The topological polar surface area (TPSA) is 114 Å². The van der Waals surface area contributed by atoms with Crippen LogP contribution in [0.3, 0.4) is 0 Å². The lowest BCUT2D eigenvalue weighted by molar-refractivity contribution is -0.271. The smallest absolute Gasteiger partial charge is 0.374 e. The summed E-state index contributed by atoms with van der Waals surface area (Å²) >= 11 is 0. The Hall–Kier alpha value is -2.89. The second-order valence-corrected chi connectivity index (χ2v) is 6.08. The van der Waals surface area contributed by atoms with E-state index in [-0.39, 0.29) is 6.54 Å². The first kappa shape index (κ1) is 20.4. The van der Waals surface area contributed by atoms with Gasteiger partial charge in [-0.05, 0) is 19.9 Å². The maximum absolute atomic E-state index is 13.4. The molecule has 0 aliphatic rings. The summed E-state index contributed by atoms with van der Waals surface area (Å²) in [6, 6.07) is 1.74. The zero-order valence-corrected chi connectivity index (χ0v) is 14.8. The lowest BCUT2D eigenvalue weighted by atomic mass is 9.97. The first-order valence-electron chi connectivity index (χ1n) is 7.79. The molecule has 27 heavy (non-hydrogen) atoms. The number of carbonyl (C=O) groups is 2. The number of halogens is 3. The first-order chi connectivity index (χ1) is 12.4. The fraction of sp³-hybridized carbons (Fsp3) is 0.467. The van der Waals surface area contributed by atoms with Crippen molar-refractivity contribution in [3.63, 3.8) is 0 Å². The van der Waals surface area contributed by atoms with Crippen LogP contribution >= 0.6 is 0 Å². The predicted molar refractivity (Wildman–Crippen MR) is 85.8 cm³/mol. The molecule has 1 atom stereocenters. The molecule has 1 unspecified atom stereocenters. The number of hydrogen-bond acceptors (Lipinski definition) is 5. The normalized spacial score (nSPS) is 13.9. The van der Waals surface area contributed by atoms with E-state index in [1.54, 1.807) is 19.9 Å². The Labute approximate surface area is 152 Å². The van der Waals surface area contributed by atoms with Crippen molar-refractivity contribution < 1.29 is 27.9 Å². The van der Waals surface area contributed by atoms with Crippen LogP contribution in [-0.4, -0.2) is 42.4 Å². The van der Waals surface area contributed by atoms with Crippen LogP contribution in [0.1, 0.15) is 23.6 Å². The number of aryl methyl sites for hydroxylation is 3. The lowest BCUT2D eigenvalue weighted by Crippen LogP contribution is -2.51. The Morgan fingerprint density at radius 1 is 1.22 bits per heavy atom. The molecule has 0 saturated heterocycles. The molecular formula is C15H19F3N6O3. The van der Waals surface area contributed by atoms with E-state index in [1.165, 1.54) is 17.9 Å². The third kappa shape index (κ3) is 4.45. The van der Waals surface area contributed by atoms with Gasteiger partial charge in [-0.2, -0.15) is 18.3 Å². The molecule has 0 saturated carbocycles. The van der Waals surface area contributed by atoms with Crippen LogP contribution < -0.4 is 10.9 Å². The second kappa shape index (κ2) is 7.39. The van der Waals surface area contributed by atoms with Crippen LogP contribution in [0.5, 0.6) is 0 Å². The number of aliphatic hydroxyl groups is 1. The molecule has 0 bridgehead atoms. The Bertz CT molecular complexity index is 844. The van der Waals surface area contributed by atoms with Crippen molar-refractivity contribution in [2.24, 2.45) is 7.05 Å². The van der Waals surface area contributed by atoms with E-state index >= 15 is 0 Å². The number of imidazole rings is 1. The van der Waals surface area contributed by atoms with Gasteiger partial charge in [0.05, 0.1) is 12.1 Å². The predicted octanol–water partition coefficient (Wildman–Crippen LogP) is 0.221. The Morgan fingerprint density at radius 2 is 1.85 bits per heavy atom. The van der Waals surface area contributed by atoms with Gasteiger partial charge >= 0.3 is 6.18 Å². The molecule has 9 nitrogen and oxygen atoms in total. The van der Waals surface area contributed by atoms with Crippen molar-refractivity contribution in [3.05, 3.63) is 35.7 Å². The van der Waals surface area contributed by atoms with E-state index in [4.69, 9.17) is 0 Å². The Morgan fingerprint density at radius 3 is 2.33 bits per heavy atom. The maximum atomic E-state index is 13.4. The number of hydrogen-bond donors (Lipinski definition) is 3. The quantitative estimate of drug-likeness (QED) is 0.634. The van der Waals surface area contributed by atoms with Gasteiger partial charge < -0.3 is 9.67 Å². The average molecular weight is 388 g/mol. The highest BCUT2D eigenvalue weighted by Gasteiger charge is 2.58. The molecule has 148 valence electrons. The van der Waals surface area contributed by atoms with Crippen molar-refractivity contribution in [1.29, 1.82) is 0 Å². The fourth-order valence-electron chi connectivity index (χ4n) is 2.50. The van der Waals surface area contributed by atoms with Gasteiger partial charge in [-0.15, -0.1) is 0 Å². The molecule has 2 rings (SSSR count). The molecule has 0 radical (unpaired) electrons. The summed E-state index contributed by atoms with van der Waals surface area (Å²) in [7, 11) is 1.26. The molecule has 2 heterocycles. The van der Waals surface area contributed by atoms with E-state index < -0.39 is 35.8 Å².